The second-order valence-corrected chi connectivity index (χ2v) is 5.94. The fourth-order valence-electron chi connectivity index (χ4n) is 3.67. The molecule has 3 atom stereocenters. The molecule has 19 heavy (non-hydrogen) atoms. The van der Waals surface area contributed by atoms with Gasteiger partial charge in [0.15, 0.2) is 0 Å². The lowest BCUT2D eigenvalue weighted by atomic mass is 9.96. The Hall–Kier alpha value is -1.33. The molecule has 0 saturated heterocycles. The Morgan fingerprint density at radius 2 is 1.95 bits per heavy atom. The third kappa shape index (κ3) is 2.67. The Morgan fingerprint density at radius 1 is 1.05 bits per heavy atom. The van der Waals surface area contributed by atoms with E-state index in [-0.39, 0.29) is 5.92 Å². The quantitative estimate of drug-likeness (QED) is 0.816. The highest BCUT2D eigenvalue weighted by Crippen LogP contribution is 2.32. The van der Waals surface area contributed by atoms with Crippen molar-refractivity contribution >= 4 is 0 Å². The molecule has 0 radical (unpaired) electrons. The number of nitrogens with one attached hydrogen (secondary N) is 1. The number of rotatable bonds is 2. The topological polar surface area (TPSA) is 35.8 Å². The molecule has 1 fully saturated rings. The van der Waals surface area contributed by atoms with Crippen molar-refractivity contribution in [3.63, 3.8) is 0 Å². The van der Waals surface area contributed by atoms with Gasteiger partial charge in [-0.25, -0.2) is 0 Å². The van der Waals surface area contributed by atoms with Gasteiger partial charge in [0.25, 0.3) is 0 Å². The Morgan fingerprint density at radius 3 is 2.84 bits per heavy atom. The maximum Gasteiger partial charge on any atom is 0.0672 e. The van der Waals surface area contributed by atoms with E-state index in [1.807, 2.05) is 0 Å². The van der Waals surface area contributed by atoms with E-state index in [9.17, 15) is 5.26 Å². The van der Waals surface area contributed by atoms with E-state index in [0.717, 1.165) is 12.8 Å². The lowest BCUT2D eigenvalue weighted by Crippen LogP contribution is -2.35. The number of aryl methyl sites for hydroxylation is 1. The molecule has 2 aliphatic rings. The summed E-state index contributed by atoms with van der Waals surface area (Å²) in [5, 5.41) is 13.0. The largest absolute Gasteiger partial charge is 0.306 e. The highest BCUT2D eigenvalue weighted by molar-refractivity contribution is 5.31. The summed E-state index contributed by atoms with van der Waals surface area (Å²) in [6.07, 6.45) is 8.44. The van der Waals surface area contributed by atoms with E-state index >= 15 is 0 Å². The highest BCUT2D eigenvalue weighted by Gasteiger charge is 2.30. The number of nitrogens with zero attached hydrogens (tertiary/aromatic N) is 1. The molecule has 0 aliphatic heterocycles. The maximum absolute atomic E-state index is 9.23. The van der Waals surface area contributed by atoms with Gasteiger partial charge in [-0.1, -0.05) is 37.1 Å². The third-order valence-corrected chi connectivity index (χ3v) is 4.72. The fourth-order valence-corrected chi connectivity index (χ4v) is 3.67. The first-order chi connectivity index (χ1) is 9.38. The first-order valence-electron chi connectivity index (χ1n) is 7.62. The number of fused-ring (bicyclic) bond motifs is 1. The van der Waals surface area contributed by atoms with Crippen molar-refractivity contribution in [3.05, 3.63) is 35.4 Å². The van der Waals surface area contributed by atoms with E-state index in [4.69, 9.17) is 0 Å². The summed E-state index contributed by atoms with van der Waals surface area (Å²) < 4.78 is 0. The molecule has 0 spiro atoms. The van der Waals surface area contributed by atoms with Crippen LogP contribution in [0.15, 0.2) is 24.3 Å². The van der Waals surface area contributed by atoms with Crippen molar-refractivity contribution in [2.75, 3.05) is 0 Å². The average molecular weight is 254 g/mol. The second-order valence-electron chi connectivity index (χ2n) is 5.94. The van der Waals surface area contributed by atoms with Crippen molar-refractivity contribution in [2.45, 2.75) is 57.0 Å². The van der Waals surface area contributed by atoms with Crippen LogP contribution < -0.4 is 5.32 Å². The zero-order valence-corrected chi connectivity index (χ0v) is 11.4. The predicted molar refractivity (Wildman–Crippen MR) is 76.6 cm³/mol. The molecule has 100 valence electrons. The van der Waals surface area contributed by atoms with Crippen molar-refractivity contribution in [1.82, 2.24) is 5.32 Å². The number of benzene rings is 1. The van der Waals surface area contributed by atoms with Crippen LogP contribution >= 0.6 is 0 Å². The molecule has 0 heterocycles. The van der Waals surface area contributed by atoms with E-state index < -0.39 is 0 Å². The summed E-state index contributed by atoms with van der Waals surface area (Å²) >= 11 is 0. The van der Waals surface area contributed by atoms with Crippen LogP contribution in [0.3, 0.4) is 0 Å². The minimum Gasteiger partial charge on any atom is -0.306 e. The highest BCUT2D eigenvalue weighted by atomic mass is 15.0. The second kappa shape index (κ2) is 5.75. The summed E-state index contributed by atoms with van der Waals surface area (Å²) in [6, 6.07) is 12.2. The maximum atomic E-state index is 9.23. The van der Waals surface area contributed by atoms with Crippen LogP contribution in [0.2, 0.25) is 0 Å². The van der Waals surface area contributed by atoms with Crippen LogP contribution in [0.5, 0.6) is 0 Å². The zero-order valence-electron chi connectivity index (χ0n) is 11.4. The number of nitriles is 1. The van der Waals surface area contributed by atoms with Gasteiger partial charge < -0.3 is 5.32 Å². The first-order valence-corrected chi connectivity index (χ1v) is 7.62. The van der Waals surface area contributed by atoms with Gasteiger partial charge in [0.1, 0.15) is 0 Å². The zero-order chi connectivity index (χ0) is 13.1. The molecule has 1 aromatic carbocycles. The van der Waals surface area contributed by atoms with Crippen LogP contribution in [0.4, 0.5) is 0 Å². The first kappa shape index (κ1) is 12.7. The standard InChI is InChI=1S/C17H22N2/c18-12-14-8-5-11-16(14)19-17-10-4-2-7-13-6-1-3-9-15(13)17/h1,3,6,9,14,16-17,19H,2,4-5,7-8,10-11H2. The minimum atomic E-state index is 0.218. The predicted octanol–water partition coefficient (Wildman–Crippen LogP) is 3.74. The van der Waals surface area contributed by atoms with Gasteiger partial charge in [0.2, 0.25) is 0 Å². The third-order valence-electron chi connectivity index (χ3n) is 4.72. The van der Waals surface area contributed by atoms with Crippen LogP contribution in [0.25, 0.3) is 0 Å². The molecular weight excluding hydrogens is 232 g/mol. The van der Waals surface area contributed by atoms with Gasteiger partial charge in [-0.3, -0.25) is 0 Å². The average Bonchev–Trinajstić information content (AvgIpc) is 2.80. The van der Waals surface area contributed by atoms with Gasteiger partial charge >= 0.3 is 0 Å². The molecule has 2 nitrogen and oxygen atoms in total. The van der Waals surface area contributed by atoms with E-state index in [0.29, 0.717) is 12.1 Å². The van der Waals surface area contributed by atoms with Crippen molar-refractivity contribution < 1.29 is 0 Å². The van der Waals surface area contributed by atoms with E-state index in [1.165, 1.54) is 43.2 Å². The van der Waals surface area contributed by atoms with Crippen LogP contribution in [0, 0.1) is 17.2 Å². The smallest absolute Gasteiger partial charge is 0.0672 e. The van der Waals surface area contributed by atoms with Gasteiger partial charge in [0, 0.05) is 12.1 Å². The van der Waals surface area contributed by atoms with E-state index in [1.54, 1.807) is 0 Å². The van der Waals surface area contributed by atoms with Crippen LogP contribution in [-0.2, 0) is 6.42 Å². The number of hydrogen-bond acceptors (Lipinski definition) is 2. The Labute approximate surface area is 115 Å². The molecule has 3 rings (SSSR count). The molecule has 2 heteroatoms. The lowest BCUT2D eigenvalue weighted by Gasteiger charge is -2.25. The number of hydrogen-bond donors (Lipinski definition) is 1. The fraction of sp³-hybridized carbons (Fsp3) is 0.588. The summed E-state index contributed by atoms with van der Waals surface area (Å²) in [6.45, 7) is 0. The summed E-state index contributed by atoms with van der Waals surface area (Å²) in [5.41, 5.74) is 2.98. The Kier molecular flexibility index (Phi) is 3.84. The van der Waals surface area contributed by atoms with Crippen LogP contribution in [0.1, 0.15) is 55.7 Å². The van der Waals surface area contributed by atoms with Crippen molar-refractivity contribution in [2.24, 2.45) is 5.92 Å². The summed E-state index contributed by atoms with van der Waals surface area (Å²) in [5.74, 6) is 0.218. The molecular formula is C17H22N2. The molecule has 0 amide bonds. The molecule has 2 aliphatic carbocycles. The Bertz CT molecular complexity index is 474. The molecule has 3 unspecified atom stereocenters. The normalized spacial score (nSPS) is 30.4. The summed E-state index contributed by atoms with van der Waals surface area (Å²) in [7, 11) is 0. The SMILES string of the molecule is N#CC1CCCC1NC1CCCCc2ccccc21. The van der Waals surface area contributed by atoms with Crippen molar-refractivity contribution in [1.29, 1.82) is 5.26 Å². The molecule has 0 bridgehead atoms. The van der Waals surface area contributed by atoms with Gasteiger partial charge in [0.05, 0.1) is 12.0 Å². The molecule has 1 aromatic rings. The molecule has 1 N–H and O–H groups in total. The monoisotopic (exact) mass is 254 g/mol. The molecule has 1 saturated carbocycles. The van der Waals surface area contributed by atoms with Gasteiger partial charge in [-0.05, 0) is 43.2 Å². The lowest BCUT2D eigenvalue weighted by molar-refractivity contribution is 0.384. The van der Waals surface area contributed by atoms with Crippen molar-refractivity contribution in [3.8, 4) is 6.07 Å². The summed E-state index contributed by atoms with van der Waals surface area (Å²) in [4.78, 5) is 0. The molecule has 0 aromatic heterocycles. The Balaban J connectivity index is 1.79. The van der Waals surface area contributed by atoms with Gasteiger partial charge in [-0.15, -0.1) is 0 Å². The van der Waals surface area contributed by atoms with Crippen LogP contribution in [-0.4, -0.2) is 6.04 Å². The minimum absolute atomic E-state index is 0.218. The van der Waals surface area contributed by atoms with Gasteiger partial charge in [-0.2, -0.15) is 5.26 Å². The van der Waals surface area contributed by atoms with E-state index in [2.05, 4.69) is 35.7 Å².